The van der Waals surface area contributed by atoms with Crippen molar-refractivity contribution in [1.29, 1.82) is 0 Å². The maximum atomic E-state index is 12.8. The van der Waals surface area contributed by atoms with Crippen molar-refractivity contribution in [2.45, 2.75) is 20.0 Å². The molecule has 1 heterocycles. The van der Waals surface area contributed by atoms with Gasteiger partial charge in [-0.2, -0.15) is 18.2 Å². The van der Waals surface area contributed by atoms with Crippen molar-refractivity contribution in [3.05, 3.63) is 65.9 Å². The lowest BCUT2D eigenvalue weighted by atomic mass is 10.2. The van der Waals surface area contributed by atoms with Crippen molar-refractivity contribution in [3.63, 3.8) is 0 Å². The van der Waals surface area contributed by atoms with E-state index in [1.54, 1.807) is 30.3 Å². The molecule has 2 aromatic carbocycles. The van der Waals surface area contributed by atoms with Gasteiger partial charge in [-0.1, -0.05) is 6.07 Å². The number of nitrogens with one attached hydrogen (secondary N) is 4. The van der Waals surface area contributed by atoms with E-state index in [9.17, 15) is 18.0 Å². The molecule has 1 aromatic heterocycles. The molecule has 31 heavy (non-hydrogen) atoms. The third-order valence-corrected chi connectivity index (χ3v) is 4.05. The molecule has 0 bridgehead atoms. The number of amides is 2. The Morgan fingerprint density at radius 1 is 0.935 bits per heavy atom. The Bertz CT molecular complexity index is 1050. The number of carbonyl (C=O) groups is 1. The molecule has 2 amide bonds. The fourth-order valence-corrected chi connectivity index (χ4v) is 2.72. The molecule has 0 saturated carbocycles. The highest BCUT2D eigenvalue weighted by molar-refractivity contribution is 5.99. The van der Waals surface area contributed by atoms with Crippen molar-refractivity contribution >= 4 is 34.9 Å². The Kier molecular flexibility index (Phi) is 6.58. The van der Waals surface area contributed by atoms with E-state index in [4.69, 9.17) is 0 Å². The first kappa shape index (κ1) is 21.9. The van der Waals surface area contributed by atoms with Crippen molar-refractivity contribution in [2.24, 2.45) is 0 Å². The molecule has 4 N–H and O–H groups in total. The van der Waals surface area contributed by atoms with Crippen LogP contribution in [0.4, 0.5) is 46.8 Å². The molecule has 0 atom stereocenters. The van der Waals surface area contributed by atoms with Crippen LogP contribution in [0, 0.1) is 6.92 Å². The molecule has 0 saturated heterocycles. The van der Waals surface area contributed by atoms with E-state index >= 15 is 0 Å². The molecule has 3 rings (SSSR count). The second kappa shape index (κ2) is 9.33. The molecule has 3 aromatic rings. The van der Waals surface area contributed by atoms with Gasteiger partial charge in [-0.25, -0.2) is 9.78 Å². The first-order valence-corrected chi connectivity index (χ1v) is 9.45. The van der Waals surface area contributed by atoms with E-state index in [1.807, 2.05) is 13.8 Å². The Hall–Kier alpha value is -3.82. The SMILES string of the molecule is CCNc1nc(C)cc(Nc2ccc(NC(=O)Nc3cccc(C(F)(F)F)c3)cc2)n1. The average Bonchev–Trinajstić information content (AvgIpc) is 2.69. The third-order valence-electron chi connectivity index (χ3n) is 4.05. The Balaban J connectivity index is 1.61. The van der Waals surface area contributed by atoms with E-state index in [0.29, 0.717) is 24.0 Å². The molecule has 0 spiro atoms. The Labute approximate surface area is 177 Å². The summed E-state index contributed by atoms with van der Waals surface area (Å²) in [5.41, 5.74) is 1.23. The monoisotopic (exact) mass is 430 g/mol. The quantitative estimate of drug-likeness (QED) is 0.407. The van der Waals surface area contributed by atoms with Crippen LogP contribution in [0.25, 0.3) is 0 Å². The van der Waals surface area contributed by atoms with Crippen molar-refractivity contribution in [1.82, 2.24) is 9.97 Å². The number of aromatic nitrogens is 2. The predicted molar refractivity (Wildman–Crippen MR) is 115 cm³/mol. The maximum absolute atomic E-state index is 12.8. The Morgan fingerprint density at radius 3 is 2.29 bits per heavy atom. The van der Waals surface area contributed by atoms with Gasteiger partial charge in [0.15, 0.2) is 0 Å². The second-order valence-electron chi connectivity index (χ2n) is 6.61. The number of halogens is 3. The van der Waals surface area contributed by atoms with Gasteiger partial charge in [0.2, 0.25) is 5.95 Å². The summed E-state index contributed by atoms with van der Waals surface area (Å²) in [5.74, 6) is 1.14. The zero-order valence-electron chi connectivity index (χ0n) is 16.8. The van der Waals surface area contributed by atoms with Crippen LogP contribution in [0.1, 0.15) is 18.2 Å². The molecule has 0 aliphatic carbocycles. The topological polar surface area (TPSA) is 91.0 Å². The highest BCUT2D eigenvalue weighted by Crippen LogP contribution is 2.30. The van der Waals surface area contributed by atoms with Crippen LogP contribution >= 0.6 is 0 Å². The van der Waals surface area contributed by atoms with Gasteiger partial charge in [-0.3, -0.25) is 0 Å². The van der Waals surface area contributed by atoms with Gasteiger partial charge < -0.3 is 21.3 Å². The summed E-state index contributed by atoms with van der Waals surface area (Å²) < 4.78 is 38.3. The molecule has 0 unspecified atom stereocenters. The maximum Gasteiger partial charge on any atom is 0.416 e. The minimum atomic E-state index is -4.48. The zero-order valence-corrected chi connectivity index (χ0v) is 16.8. The van der Waals surface area contributed by atoms with Gasteiger partial charge in [0, 0.05) is 35.4 Å². The van der Waals surface area contributed by atoms with Crippen LogP contribution in [-0.4, -0.2) is 22.5 Å². The fraction of sp³-hybridized carbons (Fsp3) is 0.190. The van der Waals surface area contributed by atoms with Crippen molar-refractivity contribution < 1.29 is 18.0 Å². The number of anilines is 5. The summed E-state index contributed by atoms with van der Waals surface area (Å²) in [5, 5.41) is 11.2. The number of hydrogen-bond donors (Lipinski definition) is 4. The summed E-state index contributed by atoms with van der Waals surface area (Å²) in [4.78, 5) is 20.8. The predicted octanol–water partition coefficient (Wildman–Crippen LogP) is 5.62. The second-order valence-corrected chi connectivity index (χ2v) is 6.61. The lowest BCUT2D eigenvalue weighted by molar-refractivity contribution is -0.137. The molecule has 0 aliphatic heterocycles. The number of nitrogens with zero attached hydrogens (tertiary/aromatic N) is 2. The normalized spacial score (nSPS) is 11.0. The smallest absolute Gasteiger partial charge is 0.354 e. The minimum Gasteiger partial charge on any atom is -0.354 e. The molecule has 0 radical (unpaired) electrons. The highest BCUT2D eigenvalue weighted by atomic mass is 19.4. The number of benzene rings is 2. The van der Waals surface area contributed by atoms with E-state index in [0.717, 1.165) is 23.5 Å². The summed E-state index contributed by atoms with van der Waals surface area (Å²) in [7, 11) is 0. The van der Waals surface area contributed by atoms with E-state index in [1.165, 1.54) is 12.1 Å². The van der Waals surface area contributed by atoms with Gasteiger partial charge in [0.1, 0.15) is 5.82 Å². The van der Waals surface area contributed by atoms with Crippen LogP contribution in [0.3, 0.4) is 0 Å². The summed E-state index contributed by atoms with van der Waals surface area (Å²) in [6.45, 7) is 4.52. The molecular formula is C21H21F3N6O. The fourth-order valence-electron chi connectivity index (χ4n) is 2.72. The summed E-state index contributed by atoms with van der Waals surface area (Å²) >= 11 is 0. The largest absolute Gasteiger partial charge is 0.416 e. The van der Waals surface area contributed by atoms with Gasteiger partial charge in [0.05, 0.1) is 5.56 Å². The Morgan fingerprint density at radius 2 is 1.61 bits per heavy atom. The first-order chi connectivity index (χ1) is 14.7. The van der Waals surface area contributed by atoms with Gasteiger partial charge in [-0.05, 0) is 56.3 Å². The van der Waals surface area contributed by atoms with Crippen LogP contribution in [-0.2, 0) is 6.18 Å². The molecule has 7 nitrogen and oxygen atoms in total. The first-order valence-electron chi connectivity index (χ1n) is 9.45. The lowest BCUT2D eigenvalue weighted by Gasteiger charge is -2.12. The number of urea groups is 1. The van der Waals surface area contributed by atoms with Gasteiger partial charge in [-0.15, -0.1) is 0 Å². The van der Waals surface area contributed by atoms with Gasteiger partial charge >= 0.3 is 12.2 Å². The number of aryl methyl sites for hydroxylation is 1. The van der Waals surface area contributed by atoms with Crippen LogP contribution in [0.2, 0.25) is 0 Å². The molecule has 0 aliphatic rings. The van der Waals surface area contributed by atoms with Crippen LogP contribution in [0.5, 0.6) is 0 Å². The number of alkyl halides is 3. The van der Waals surface area contributed by atoms with E-state index in [-0.39, 0.29) is 5.69 Å². The standard InChI is InChI=1S/C21H21F3N6O/c1-3-25-19-26-13(2)11-18(30-19)27-15-7-9-16(10-8-15)28-20(31)29-17-6-4-5-14(12-17)21(22,23)24/h4-12H,3H2,1-2H3,(H2,28,29,31)(H2,25,26,27,30). The molecular weight excluding hydrogens is 409 g/mol. The van der Waals surface area contributed by atoms with E-state index < -0.39 is 17.8 Å². The minimum absolute atomic E-state index is 0.0428. The molecule has 10 heteroatoms. The number of carbonyl (C=O) groups excluding carboxylic acids is 1. The lowest BCUT2D eigenvalue weighted by Crippen LogP contribution is -2.19. The number of hydrogen-bond acceptors (Lipinski definition) is 5. The summed E-state index contributed by atoms with van der Waals surface area (Å²) in [6.07, 6.45) is -4.48. The summed E-state index contributed by atoms with van der Waals surface area (Å²) in [6, 6.07) is 12.4. The van der Waals surface area contributed by atoms with E-state index in [2.05, 4.69) is 31.2 Å². The average molecular weight is 430 g/mol. The molecule has 0 fully saturated rings. The third kappa shape index (κ3) is 6.33. The zero-order chi connectivity index (χ0) is 22.4. The van der Waals surface area contributed by atoms with Crippen LogP contribution in [0.15, 0.2) is 54.6 Å². The van der Waals surface area contributed by atoms with Crippen molar-refractivity contribution in [2.75, 3.05) is 27.8 Å². The van der Waals surface area contributed by atoms with Gasteiger partial charge in [0.25, 0.3) is 0 Å². The highest BCUT2D eigenvalue weighted by Gasteiger charge is 2.30. The van der Waals surface area contributed by atoms with Crippen molar-refractivity contribution in [3.8, 4) is 0 Å². The molecule has 162 valence electrons. The number of rotatable bonds is 6. The van der Waals surface area contributed by atoms with Crippen LogP contribution < -0.4 is 21.3 Å².